The van der Waals surface area contributed by atoms with E-state index in [2.05, 4.69) is 16.9 Å². The lowest BCUT2D eigenvalue weighted by Gasteiger charge is -2.25. The highest BCUT2D eigenvalue weighted by molar-refractivity contribution is 7.89. The highest BCUT2D eigenvalue weighted by Gasteiger charge is 2.24. The first-order valence-electron chi connectivity index (χ1n) is 7.22. The molecule has 1 aliphatic carbocycles. The summed E-state index contributed by atoms with van der Waals surface area (Å²) in [7, 11) is -3.51. The van der Waals surface area contributed by atoms with E-state index >= 15 is 0 Å². The topological polar surface area (TPSA) is 46.2 Å². The zero-order valence-corrected chi connectivity index (χ0v) is 13.8. The summed E-state index contributed by atoms with van der Waals surface area (Å²) in [6, 6.07) is 13.6. The third-order valence-corrected chi connectivity index (χ3v) is 5.71. The monoisotopic (exact) mass is 334 g/mol. The molecule has 5 heteroatoms. The van der Waals surface area contributed by atoms with E-state index in [-0.39, 0.29) is 10.9 Å². The van der Waals surface area contributed by atoms with Gasteiger partial charge in [0.15, 0.2) is 0 Å². The highest BCUT2D eigenvalue weighted by atomic mass is 35.5. The Hall–Kier alpha value is -1.36. The van der Waals surface area contributed by atoms with Gasteiger partial charge in [0.05, 0.1) is 4.90 Å². The predicted octanol–water partition coefficient (Wildman–Crippen LogP) is 3.28. The molecule has 0 spiro atoms. The van der Waals surface area contributed by atoms with Crippen LogP contribution in [0.5, 0.6) is 0 Å². The molecule has 2 aromatic rings. The Morgan fingerprint density at radius 1 is 1.18 bits per heavy atom. The molecule has 0 amide bonds. The fourth-order valence-electron chi connectivity index (χ4n) is 2.79. The Labute approximate surface area is 136 Å². The molecular weight excluding hydrogens is 318 g/mol. The average Bonchev–Trinajstić information content (AvgIpc) is 2.47. The number of fused-ring (bicyclic) bond motifs is 1. The van der Waals surface area contributed by atoms with Gasteiger partial charge in [0.2, 0.25) is 10.0 Å². The second-order valence-electron chi connectivity index (χ2n) is 5.66. The van der Waals surface area contributed by atoms with Gasteiger partial charge < -0.3 is 0 Å². The van der Waals surface area contributed by atoms with Crippen molar-refractivity contribution in [2.24, 2.45) is 0 Å². The van der Waals surface area contributed by atoms with Crippen molar-refractivity contribution in [2.45, 2.75) is 37.1 Å². The van der Waals surface area contributed by atoms with E-state index in [0.29, 0.717) is 11.4 Å². The zero-order chi connectivity index (χ0) is 15.7. The summed E-state index contributed by atoms with van der Waals surface area (Å²) in [5.74, 6) is 0. The number of sulfonamides is 1. The van der Waals surface area contributed by atoms with Crippen LogP contribution in [0.4, 0.5) is 0 Å². The van der Waals surface area contributed by atoms with E-state index in [1.807, 2.05) is 13.0 Å². The summed E-state index contributed by atoms with van der Waals surface area (Å²) in [5.41, 5.74) is 3.52. The summed E-state index contributed by atoms with van der Waals surface area (Å²) < 4.78 is 27.6. The molecule has 1 unspecified atom stereocenters. The lowest BCUT2D eigenvalue weighted by atomic mass is 9.88. The minimum atomic E-state index is -3.51. The Kier molecular flexibility index (Phi) is 4.26. The van der Waals surface area contributed by atoms with Gasteiger partial charge in [-0.2, -0.15) is 0 Å². The molecule has 0 bridgehead atoms. The highest BCUT2D eigenvalue weighted by Crippen LogP contribution is 2.23. The van der Waals surface area contributed by atoms with Gasteiger partial charge in [-0.3, -0.25) is 0 Å². The predicted molar refractivity (Wildman–Crippen MR) is 87.6 cm³/mol. The van der Waals surface area contributed by atoms with Gasteiger partial charge in [-0.05, 0) is 73.2 Å². The largest absolute Gasteiger partial charge is 0.240 e. The maximum absolute atomic E-state index is 12.4. The van der Waals surface area contributed by atoms with E-state index < -0.39 is 10.0 Å². The maximum Gasteiger partial charge on any atom is 0.240 e. The quantitative estimate of drug-likeness (QED) is 0.936. The van der Waals surface area contributed by atoms with Gasteiger partial charge in [-0.25, -0.2) is 13.1 Å². The van der Waals surface area contributed by atoms with Crippen molar-refractivity contribution < 1.29 is 8.42 Å². The van der Waals surface area contributed by atoms with Crippen molar-refractivity contribution in [1.29, 1.82) is 0 Å². The van der Waals surface area contributed by atoms with Crippen LogP contribution in [-0.4, -0.2) is 14.5 Å². The van der Waals surface area contributed by atoms with E-state index in [4.69, 9.17) is 11.6 Å². The molecule has 1 atom stereocenters. The first kappa shape index (κ1) is 15.5. The van der Waals surface area contributed by atoms with Gasteiger partial charge in [-0.1, -0.05) is 23.7 Å². The second kappa shape index (κ2) is 6.03. The molecule has 0 saturated heterocycles. The minimum absolute atomic E-state index is 0.0794. The van der Waals surface area contributed by atoms with Crippen LogP contribution in [0.25, 0.3) is 0 Å². The van der Waals surface area contributed by atoms with Crippen LogP contribution < -0.4 is 4.72 Å². The van der Waals surface area contributed by atoms with Crippen LogP contribution in [0.3, 0.4) is 0 Å². The Balaban J connectivity index is 1.76. The van der Waals surface area contributed by atoms with Gasteiger partial charge >= 0.3 is 0 Å². The Morgan fingerprint density at radius 3 is 2.64 bits per heavy atom. The number of rotatable bonds is 3. The summed E-state index contributed by atoms with van der Waals surface area (Å²) in [6.45, 7) is 2.02. The van der Waals surface area contributed by atoms with E-state index in [0.717, 1.165) is 18.4 Å². The number of nitrogens with one attached hydrogen (secondary N) is 1. The molecule has 0 saturated carbocycles. The maximum atomic E-state index is 12.4. The molecular formula is C17H17ClNO2S. The molecule has 0 fully saturated rings. The molecule has 3 nitrogen and oxygen atoms in total. The fraction of sp³-hybridized carbons (Fsp3) is 0.294. The number of benzene rings is 2. The molecule has 0 aliphatic heterocycles. The number of hydrogen-bond acceptors (Lipinski definition) is 2. The van der Waals surface area contributed by atoms with Crippen molar-refractivity contribution in [1.82, 2.24) is 4.72 Å². The van der Waals surface area contributed by atoms with E-state index in [1.54, 1.807) is 12.1 Å². The summed E-state index contributed by atoms with van der Waals surface area (Å²) in [6.07, 6.45) is 2.35. The summed E-state index contributed by atoms with van der Waals surface area (Å²) >= 11 is 5.80. The fourth-order valence-corrected chi connectivity index (χ4v) is 4.18. The average molecular weight is 335 g/mol. The Bertz CT molecular complexity index is 785. The molecule has 0 heterocycles. The second-order valence-corrected chi connectivity index (χ2v) is 7.81. The first-order valence-corrected chi connectivity index (χ1v) is 9.09. The zero-order valence-electron chi connectivity index (χ0n) is 12.3. The summed E-state index contributed by atoms with van der Waals surface area (Å²) in [4.78, 5) is 0.248. The van der Waals surface area contributed by atoms with Gasteiger partial charge in [0.25, 0.3) is 0 Å². The number of halogens is 1. The molecule has 2 aromatic carbocycles. The van der Waals surface area contributed by atoms with Crippen molar-refractivity contribution >= 4 is 21.6 Å². The smallest absolute Gasteiger partial charge is 0.208 e. The van der Waals surface area contributed by atoms with Gasteiger partial charge in [0, 0.05) is 11.1 Å². The van der Waals surface area contributed by atoms with Crippen LogP contribution in [0.15, 0.2) is 41.3 Å². The van der Waals surface area contributed by atoms with Gasteiger partial charge in [0.1, 0.15) is 0 Å². The Morgan fingerprint density at radius 2 is 1.91 bits per heavy atom. The van der Waals surface area contributed by atoms with Crippen LogP contribution in [0.2, 0.25) is 5.02 Å². The van der Waals surface area contributed by atoms with Crippen LogP contribution >= 0.6 is 11.6 Å². The third-order valence-electron chi connectivity index (χ3n) is 3.93. The van der Waals surface area contributed by atoms with Crippen molar-refractivity contribution in [3.63, 3.8) is 0 Å². The lowest BCUT2D eigenvalue weighted by Crippen LogP contribution is -2.38. The van der Waals surface area contributed by atoms with Crippen LogP contribution in [-0.2, 0) is 22.9 Å². The molecule has 1 radical (unpaired) electrons. The van der Waals surface area contributed by atoms with Crippen molar-refractivity contribution in [3.05, 3.63) is 64.2 Å². The van der Waals surface area contributed by atoms with Crippen LogP contribution in [0.1, 0.15) is 23.1 Å². The SMILES string of the molecule is Cc1[c]c2c(cc1)CC(NS(=O)(=O)c1ccc(Cl)cc1)CC2. The standard InChI is InChI=1S/C17H17ClNO2S/c1-12-2-3-14-11-16(7-4-13(14)10-12)19-22(20,21)17-8-5-15(18)6-9-17/h2-3,5-6,8-9,16,19H,4,7,11H2,1H3. The normalized spacial score (nSPS) is 18.0. The first-order chi connectivity index (χ1) is 10.4. The minimum Gasteiger partial charge on any atom is -0.208 e. The summed E-state index contributed by atoms with van der Waals surface area (Å²) in [5, 5.41) is 0.524. The molecule has 1 aliphatic rings. The van der Waals surface area contributed by atoms with E-state index in [1.165, 1.54) is 23.3 Å². The molecule has 115 valence electrons. The van der Waals surface area contributed by atoms with Crippen molar-refractivity contribution in [3.8, 4) is 0 Å². The van der Waals surface area contributed by atoms with Gasteiger partial charge in [-0.15, -0.1) is 0 Å². The third kappa shape index (κ3) is 3.35. The van der Waals surface area contributed by atoms with E-state index in [9.17, 15) is 8.42 Å². The lowest BCUT2D eigenvalue weighted by molar-refractivity contribution is 0.507. The van der Waals surface area contributed by atoms with Crippen LogP contribution in [0, 0.1) is 13.0 Å². The molecule has 3 rings (SSSR count). The molecule has 1 N–H and O–H groups in total. The number of hydrogen-bond donors (Lipinski definition) is 1. The number of aryl methyl sites for hydroxylation is 2. The molecule has 22 heavy (non-hydrogen) atoms. The molecule has 0 aromatic heterocycles. The van der Waals surface area contributed by atoms with Crippen molar-refractivity contribution in [2.75, 3.05) is 0 Å².